The van der Waals surface area contributed by atoms with E-state index in [9.17, 15) is 4.79 Å². The Morgan fingerprint density at radius 1 is 1.75 bits per heavy atom. The number of amides is 1. The molecule has 1 aliphatic rings. The molecule has 1 rings (SSSR count). The molecule has 0 saturated carbocycles. The highest BCUT2D eigenvalue weighted by Crippen LogP contribution is 2.01. The van der Waals surface area contributed by atoms with E-state index >= 15 is 0 Å². The van der Waals surface area contributed by atoms with Crippen molar-refractivity contribution in [1.82, 2.24) is 10.2 Å². The zero-order valence-electron chi connectivity index (χ0n) is 6.99. The van der Waals surface area contributed by atoms with Gasteiger partial charge in [-0.25, -0.2) is 0 Å². The molecule has 1 amide bonds. The van der Waals surface area contributed by atoms with E-state index in [4.69, 9.17) is 10.8 Å². The molecule has 0 aromatic rings. The molecule has 70 valence electrons. The molecule has 12 heavy (non-hydrogen) atoms. The largest absolute Gasteiger partial charge is 0.395 e. The van der Waals surface area contributed by atoms with E-state index in [-0.39, 0.29) is 18.6 Å². The number of carbonyl (C=O) groups is 1. The van der Waals surface area contributed by atoms with Crippen molar-refractivity contribution in [3.63, 3.8) is 0 Å². The van der Waals surface area contributed by atoms with Crippen molar-refractivity contribution in [2.45, 2.75) is 6.04 Å². The lowest BCUT2D eigenvalue weighted by atomic mass is 10.2. The first-order chi connectivity index (χ1) is 5.75. The fourth-order valence-corrected chi connectivity index (χ4v) is 1.42. The Morgan fingerprint density at radius 3 is 3.08 bits per heavy atom. The molecular weight excluding hydrogens is 158 g/mol. The Bertz CT molecular complexity index is 161. The van der Waals surface area contributed by atoms with Crippen LogP contribution in [0.4, 0.5) is 0 Å². The molecule has 1 aliphatic heterocycles. The highest BCUT2D eigenvalue weighted by molar-refractivity contribution is 5.80. The van der Waals surface area contributed by atoms with E-state index in [2.05, 4.69) is 5.32 Å². The van der Waals surface area contributed by atoms with E-state index in [1.165, 1.54) is 0 Å². The molecule has 0 aromatic carbocycles. The minimum atomic E-state index is -0.323. The Labute approximate surface area is 71.5 Å². The van der Waals surface area contributed by atoms with Gasteiger partial charge in [-0.1, -0.05) is 0 Å². The third-order valence-corrected chi connectivity index (χ3v) is 2.07. The zero-order valence-corrected chi connectivity index (χ0v) is 6.99. The predicted octanol–water partition coefficient (Wildman–Crippen LogP) is -2.26. The van der Waals surface area contributed by atoms with Crippen molar-refractivity contribution in [3.05, 3.63) is 0 Å². The van der Waals surface area contributed by atoms with E-state index in [0.29, 0.717) is 13.1 Å². The standard InChI is InChI=1S/C7H15N3O2/c8-7(12)6-5-9-1-2-10(6)3-4-11/h6,9,11H,1-5H2,(H2,8,12). The van der Waals surface area contributed by atoms with Crippen molar-refractivity contribution < 1.29 is 9.90 Å². The van der Waals surface area contributed by atoms with Crippen LogP contribution in [0.1, 0.15) is 0 Å². The van der Waals surface area contributed by atoms with Gasteiger partial charge in [-0.15, -0.1) is 0 Å². The van der Waals surface area contributed by atoms with Crippen LogP contribution in [0.5, 0.6) is 0 Å². The topological polar surface area (TPSA) is 78.6 Å². The summed E-state index contributed by atoms with van der Waals surface area (Å²) in [4.78, 5) is 12.8. The molecule has 5 nitrogen and oxygen atoms in total. The van der Waals surface area contributed by atoms with Gasteiger partial charge in [0.1, 0.15) is 6.04 Å². The highest BCUT2D eigenvalue weighted by Gasteiger charge is 2.25. The zero-order chi connectivity index (χ0) is 8.97. The molecule has 0 aromatic heterocycles. The lowest BCUT2D eigenvalue weighted by Gasteiger charge is -2.33. The molecular formula is C7H15N3O2. The molecule has 1 saturated heterocycles. The molecule has 0 spiro atoms. The molecule has 1 heterocycles. The maximum Gasteiger partial charge on any atom is 0.236 e. The van der Waals surface area contributed by atoms with E-state index in [1.54, 1.807) is 0 Å². The average Bonchev–Trinajstić information content (AvgIpc) is 2.05. The lowest BCUT2D eigenvalue weighted by molar-refractivity contribution is -0.124. The van der Waals surface area contributed by atoms with Crippen molar-refractivity contribution in [2.24, 2.45) is 5.73 Å². The SMILES string of the molecule is NC(=O)C1CNCCN1CCO. The second-order valence-electron chi connectivity index (χ2n) is 2.88. The average molecular weight is 173 g/mol. The summed E-state index contributed by atoms with van der Waals surface area (Å²) in [7, 11) is 0. The molecule has 0 aliphatic carbocycles. The maximum atomic E-state index is 10.9. The van der Waals surface area contributed by atoms with Crippen molar-refractivity contribution in [3.8, 4) is 0 Å². The predicted molar refractivity (Wildman–Crippen MR) is 44.5 cm³/mol. The van der Waals surface area contributed by atoms with Crippen LogP contribution in [-0.2, 0) is 4.79 Å². The summed E-state index contributed by atoms with van der Waals surface area (Å²) < 4.78 is 0. The molecule has 1 fully saturated rings. The smallest absolute Gasteiger partial charge is 0.236 e. The molecule has 1 unspecified atom stereocenters. The summed E-state index contributed by atoms with van der Waals surface area (Å²) >= 11 is 0. The number of nitrogens with one attached hydrogen (secondary N) is 1. The van der Waals surface area contributed by atoms with Gasteiger partial charge in [0.25, 0.3) is 0 Å². The monoisotopic (exact) mass is 173 g/mol. The first kappa shape index (κ1) is 9.44. The lowest BCUT2D eigenvalue weighted by Crippen LogP contribution is -2.57. The summed E-state index contributed by atoms with van der Waals surface area (Å²) in [6, 6.07) is -0.258. The first-order valence-electron chi connectivity index (χ1n) is 4.10. The van der Waals surface area contributed by atoms with Gasteiger partial charge in [-0.3, -0.25) is 9.69 Å². The number of aliphatic hydroxyl groups excluding tert-OH is 1. The summed E-state index contributed by atoms with van der Waals surface area (Å²) in [5.74, 6) is -0.323. The Hall–Kier alpha value is -0.650. The first-order valence-corrected chi connectivity index (χ1v) is 4.10. The summed E-state index contributed by atoms with van der Waals surface area (Å²) in [5.41, 5.74) is 5.19. The van der Waals surface area contributed by atoms with E-state index in [1.807, 2.05) is 4.90 Å². The van der Waals surface area contributed by atoms with Crippen LogP contribution in [0.2, 0.25) is 0 Å². The number of carbonyl (C=O) groups excluding carboxylic acids is 1. The van der Waals surface area contributed by atoms with Gasteiger partial charge in [0.05, 0.1) is 6.61 Å². The minimum Gasteiger partial charge on any atom is -0.395 e. The van der Waals surface area contributed by atoms with Crippen LogP contribution in [0.15, 0.2) is 0 Å². The maximum absolute atomic E-state index is 10.9. The fourth-order valence-electron chi connectivity index (χ4n) is 1.42. The highest BCUT2D eigenvalue weighted by atomic mass is 16.3. The number of piperazine rings is 1. The Balaban J connectivity index is 2.48. The summed E-state index contributed by atoms with van der Waals surface area (Å²) in [6.45, 7) is 2.81. The number of rotatable bonds is 3. The van der Waals surface area contributed by atoms with Crippen molar-refractivity contribution >= 4 is 5.91 Å². The van der Waals surface area contributed by atoms with Gasteiger partial charge in [0, 0.05) is 26.2 Å². The van der Waals surface area contributed by atoms with Gasteiger partial charge in [-0.05, 0) is 0 Å². The van der Waals surface area contributed by atoms with E-state index < -0.39 is 0 Å². The second-order valence-corrected chi connectivity index (χ2v) is 2.88. The molecule has 0 bridgehead atoms. The third kappa shape index (κ3) is 2.17. The minimum absolute atomic E-state index is 0.0732. The number of aliphatic hydroxyl groups is 1. The summed E-state index contributed by atoms with van der Waals surface area (Å²) in [6.07, 6.45) is 0. The molecule has 0 radical (unpaired) electrons. The quantitative estimate of drug-likeness (QED) is 0.450. The van der Waals surface area contributed by atoms with Crippen LogP contribution < -0.4 is 11.1 Å². The van der Waals surface area contributed by atoms with Crippen molar-refractivity contribution in [2.75, 3.05) is 32.8 Å². The Kier molecular flexibility index (Phi) is 3.46. The van der Waals surface area contributed by atoms with Gasteiger partial charge in [0.2, 0.25) is 5.91 Å². The van der Waals surface area contributed by atoms with Crippen LogP contribution in [-0.4, -0.2) is 54.7 Å². The van der Waals surface area contributed by atoms with Crippen LogP contribution in [0, 0.1) is 0 Å². The van der Waals surface area contributed by atoms with E-state index in [0.717, 1.165) is 13.1 Å². The number of hydrogen-bond acceptors (Lipinski definition) is 4. The van der Waals surface area contributed by atoms with Gasteiger partial charge >= 0.3 is 0 Å². The van der Waals surface area contributed by atoms with Gasteiger partial charge < -0.3 is 16.2 Å². The Morgan fingerprint density at radius 2 is 2.50 bits per heavy atom. The van der Waals surface area contributed by atoms with Gasteiger partial charge in [0.15, 0.2) is 0 Å². The third-order valence-electron chi connectivity index (χ3n) is 2.07. The number of β-amino-alcohol motifs (C(OH)–C–C–N with tert-alkyl or cyclic N) is 1. The number of nitrogens with zero attached hydrogens (tertiary/aromatic N) is 1. The molecule has 1 atom stereocenters. The van der Waals surface area contributed by atoms with Crippen LogP contribution >= 0.6 is 0 Å². The number of nitrogens with two attached hydrogens (primary N) is 1. The molecule has 5 heteroatoms. The fraction of sp³-hybridized carbons (Fsp3) is 0.857. The summed E-state index contributed by atoms with van der Waals surface area (Å²) in [5, 5.41) is 11.8. The normalized spacial score (nSPS) is 25.6. The second kappa shape index (κ2) is 4.39. The number of hydrogen-bond donors (Lipinski definition) is 3. The van der Waals surface area contributed by atoms with Gasteiger partial charge in [-0.2, -0.15) is 0 Å². The van der Waals surface area contributed by atoms with Crippen LogP contribution in [0.3, 0.4) is 0 Å². The number of primary amides is 1. The van der Waals surface area contributed by atoms with Crippen molar-refractivity contribution in [1.29, 1.82) is 0 Å². The van der Waals surface area contributed by atoms with Crippen LogP contribution in [0.25, 0.3) is 0 Å². The molecule has 4 N–H and O–H groups in total.